The second kappa shape index (κ2) is 9.86. The molecule has 1 aromatic carbocycles. The van der Waals surface area contributed by atoms with Gasteiger partial charge in [-0.2, -0.15) is 0 Å². The fourth-order valence-corrected chi connectivity index (χ4v) is 2.61. The van der Waals surface area contributed by atoms with Gasteiger partial charge in [-0.05, 0) is 43.1 Å². The number of hydrogen-bond donors (Lipinski definition) is 4. The molecule has 1 heterocycles. The van der Waals surface area contributed by atoms with E-state index in [-0.39, 0.29) is 6.42 Å². The monoisotopic (exact) mass is 362 g/mol. The summed E-state index contributed by atoms with van der Waals surface area (Å²) in [5.74, 6) is -0.364. The van der Waals surface area contributed by atoms with Crippen LogP contribution in [0.5, 0.6) is 0 Å². The van der Waals surface area contributed by atoms with Crippen molar-refractivity contribution in [3.63, 3.8) is 0 Å². The van der Waals surface area contributed by atoms with Gasteiger partial charge in [0.05, 0.1) is 17.1 Å². The molecular weight excluding hydrogens is 340 g/mol. The van der Waals surface area contributed by atoms with Crippen LogP contribution in [0.2, 0.25) is 5.02 Å². The fourth-order valence-electron chi connectivity index (χ4n) is 2.46. The number of rotatable bonds is 10. The Kier molecular flexibility index (Phi) is 7.50. The lowest BCUT2D eigenvalue weighted by atomic mass is 10.1. The topological polar surface area (TPSA) is 100 Å². The fraction of sp³-hybridized carbons (Fsp3) is 0.333. The highest BCUT2D eigenvalue weighted by Gasteiger charge is 2.02. The van der Waals surface area contributed by atoms with Gasteiger partial charge >= 0.3 is 5.97 Å². The number of carboxylic acid groups (broad SMARTS) is 1. The molecule has 0 bridgehead atoms. The number of carbonyl (C=O) groups is 1. The third-order valence-electron chi connectivity index (χ3n) is 3.67. The molecule has 7 heteroatoms. The summed E-state index contributed by atoms with van der Waals surface area (Å²) in [5, 5.41) is 16.0. The Balaban J connectivity index is 1.62. The molecule has 6 nitrogen and oxygen atoms in total. The zero-order valence-electron chi connectivity index (χ0n) is 14.0. The standard InChI is InChI=1S/C18H23ClN4O2/c19-15-11-16(18(20)23-12-15)22-7-2-6-21-8-5-13-3-1-4-14(9-13)10-17(24)25/h1,3-4,9,11-12,21-22H,2,5-8,10H2,(H2,20,23)(H,24,25). The highest BCUT2D eigenvalue weighted by atomic mass is 35.5. The molecule has 1 aromatic heterocycles. The summed E-state index contributed by atoms with van der Waals surface area (Å²) < 4.78 is 0. The minimum Gasteiger partial charge on any atom is -0.481 e. The van der Waals surface area contributed by atoms with Crippen molar-refractivity contribution in [2.24, 2.45) is 0 Å². The summed E-state index contributed by atoms with van der Waals surface area (Å²) >= 11 is 5.89. The zero-order chi connectivity index (χ0) is 18.1. The molecule has 0 unspecified atom stereocenters. The average Bonchev–Trinajstić information content (AvgIpc) is 2.57. The van der Waals surface area contributed by atoms with E-state index in [2.05, 4.69) is 15.6 Å². The Morgan fingerprint density at radius 3 is 2.80 bits per heavy atom. The van der Waals surface area contributed by atoms with E-state index in [4.69, 9.17) is 22.4 Å². The summed E-state index contributed by atoms with van der Waals surface area (Å²) in [4.78, 5) is 14.7. The van der Waals surface area contributed by atoms with Crippen LogP contribution in [0.4, 0.5) is 11.5 Å². The van der Waals surface area contributed by atoms with E-state index in [1.807, 2.05) is 24.3 Å². The Morgan fingerprint density at radius 1 is 1.20 bits per heavy atom. The highest BCUT2D eigenvalue weighted by molar-refractivity contribution is 6.30. The van der Waals surface area contributed by atoms with Crippen molar-refractivity contribution in [1.29, 1.82) is 0 Å². The maximum atomic E-state index is 10.7. The summed E-state index contributed by atoms with van der Waals surface area (Å²) in [7, 11) is 0. The molecular formula is C18H23ClN4O2. The van der Waals surface area contributed by atoms with Gasteiger partial charge in [-0.3, -0.25) is 4.79 Å². The van der Waals surface area contributed by atoms with Crippen molar-refractivity contribution < 1.29 is 9.90 Å². The Morgan fingerprint density at radius 2 is 2.00 bits per heavy atom. The van der Waals surface area contributed by atoms with Gasteiger partial charge in [-0.15, -0.1) is 0 Å². The molecule has 0 radical (unpaired) electrons. The third-order valence-corrected chi connectivity index (χ3v) is 3.87. The zero-order valence-corrected chi connectivity index (χ0v) is 14.7. The summed E-state index contributed by atoms with van der Waals surface area (Å²) in [6, 6.07) is 9.48. The van der Waals surface area contributed by atoms with E-state index in [1.54, 1.807) is 6.07 Å². The van der Waals surface area contributed by atoms with Crippen LogP contribution in [-0.4, -0.2) is 35.7 Å². The van der Waals surface area contributed by atoms with Crippen molar-refractivity contribution in [3.05, 3.63) is 52.7 Å². The SMILES string of the molecule is Nc1ncc(Cl)cc1NCCCNCCc1cccc(CC(=O)O)c1. The number of benzene rings is 1. The van der Waals surface area contributed by atoms with Crippen LogP contribution in [0.1, 0.15) is 17.5 Å². The minimum atomic E-state index is -0.807. The van der Waals surface area contributed by atoms with E-state index in [9.17, 15) is 4.79 Å². The second-order valence-electron chi connectivity index (χ2n) is 5.76. The van der Waals surface area contributed by atoms with Gasteiger partial charge in [-0.25, -0.2) is 4.98 Å². The molecule has 0 saturated heterocycles. The van der Waals surface area contributed by atoms with Crippen LogP contribution in [0.3, 0.4) is 0 Å². The largest absolute Gasteiger partial charge is 0.481 e. The van der Waals surface area contributed by atoms with Crippen molar-refractivity contribution >= 4 is 29.1 Å². The Bertz CT molecular complexity index is 709. The maximum Gasteiger partial charge on any atom is 0.307 e. The van der Waals surface area contributed by atoms with Gasteiger partial charge in [0.1, 0.15) is 5.82 Å². The maximum absolute atomic E-state index is 10.7. The molecule has 0 aliphatic rings. The lowest BCUT2D eigenvalue weighted by Crippen LogP contribution is -2.21. The van der Waals surface area contributed by atoms with Crippen molar-refractivity contribution in [2.45, 2.75) is 19.3 Å². The number of nitrogens with two attached hydrogens (primary N) is 1. The van der Waals surface area contributed by atoms with Crippen LogP contribution in [0.15, 0.2) is 36.5 Å². The average molecular weight is 363 g/mol. The number of nitrogen functional groups attached to an aromatic ring is 1. The highest BCUT2D eigenvalue weighted by Crippen LogP contribution is 2.19. The predicted molar refractivity (Wildman–Crippen MR) is 101 cm³/mol. The van der Waals surface area contributed by atoms with Gasteiger partial charge in [0.25, 0.3) is 0 Å². The number of nitrogens with zero attached hydrogens (tertiary/aromatic N) is 1. The van der Waals surface area contributed by atoms with Crippen LogP contribution in [0, 0.1) is 0 Å². The first-order valence-corrected chi connectivity index (χ1v) is 8.57. The van der Waals surface area contributed by atoms with E-state index in [1.165, 1.54) is 6.20 Å². The number of pyridine rings is 1. The van der Waals surface area contributed by atoms with Crippen LogP contribution in [-0.2, 0) is 17.6 Å². The molecule has 25 heavy (non-hydrogen) atoms. The third kappa shape index (κ3) is 6.99. The molecule has 2 aromatic rings. The first-order valence-electron chi connectivity index (χ1n) is 8.20. The van der Waals surface area contributed by atoms with Gasteiger partial charge in [-0.1, -0.05) is 35.9 Å². The normalized spacial score (nSPS) is 10.6. The minimum absolute atomic E-state index is 0.0639. The number of anilines is 2. The lowest BCUT2D eigenvalue weighted by molar-refractivity contribution is -0.136. The van der Waals surface area contributed by atoms with E-state index >= 15 is 0 Å². The van der Waals surface area contributed by atoms with Gasteiger partial charge < -0.3 is 21.5 Å². The first kappa shape index (κ1) is 19.0. The van der Waals surface area contributed by atoms with E-state index in [0.717, 1.165) is 49.3 Å². The molecule has 0 atom stereocenters. The summed E-state index contributed by atoms with van der Waals surface area (Å²) in [6.45, 7) is 2.49. The second-order valence-corrected chi connectivity index (χ2v) is 6.19. The molecule has 0 amide bonds. The molecule has 2 rings (SSSR count). The number of aliphatic carboxylic acids is 1. The molecule has 5 N–H and O–H groups in total. The summed E-state index contributed by atoms with van der Waals surface area (Å²) in [6.07, 6.45) is 3.39. The number of halogens is 1. The quantitative estimate of drug-likeness (QED) is 0.485. The lowest BCUT2D eigenvalue weighted by Gasteiger charge is -2.09. The van der Waals surface area contributed by atoms with Crippen molar-refractivity contribution in [3.8, 4) is 0 Å². The molecule has 134 valence electrons. The Hall–Kier alpha value is -2.31. The smallest absolute Gasteiger partial charge is 0.307 e. The summed E-state index contributed by atoms with van der Waals surface area (Å²) in [5.41, 5.74) is 8.50. The molecule has 0 aliphatic heterocycles. The van der Waals surface area contributed by atoms with E-state index in [0.29, 0.717) is 10.8 Å². The van der Waals surface area contributed by atoms with E-state index < -0.39 is 5.97 Å². The van der Waals surface area contributed by atoms with Crippen molar-refractivity contribution in [1.82, 2.24) is 10.3 Å². The Labute approximate surface area is 152 Å². The number of carboxylic acids is 1. The van der Waals surface area contributed by atoms with Gasteiger partial charge in [0.2, 0.25) is 0 Å². The van der Waals surface area contributed by atoms with Crippen LogP contribution >= 0.6 is 11.6 Å². The molecule has 0 aliphatic carbocycles. The molecule has 0 saturated carbocycles. The number of hydrogen-bond acceptors (Lipinski definition) is 5. The first-order chi connectivity index (χ1) is 12.0. The number of nitrogens with one attached hydrogen (secondary N) is 2. The molecule has 0 spiro atoms. The van der Waals surface area contributed by atoms with Crippen LogP contribution < -0.4 is 16.4 Å². The molecule has 0 fully saturated rings. The van der Waals surface area contributed by atoms with Gasteiger partial charge in [0.15, 0.2) is 0 Å². The van der Waals surface area contributed by atoms with Crippen LogP contribution in [0.25, 0.3) is 0 Å². The number of aromatic nitrogens is 1. The van der Waals surface area contributed by atoms with Crippen molar-refractivity contribution in [2.75, 3.05) is 30.7 Å². The predicted octanol–water partition coefficient (Wildman–Crippen LogP) is 2.58. The van der Waals surface area contributed by atoms with Gasteiger partial charge in [0, 0.05) is 12.7 Å².